The fourth-order valence-electron chi connectivity index (χ4n) is 7.81. The quantitative estimate of drug-likeness (QED) is 0.0864. The maximum Gasteiger partial charge on any atom is 0.334 e. The highest BCUT2D eigenvalue weighted by atomic mass is 32.2. The van der Waals surface area contributed by atoms with Crippen LogP contribution in [-0.4, -0.2) is 74.5 Å². The fourth-order valence-corrected chi connectivity index (χ4v) is 17.9. The summed E-state index contributed by atoms with van der Waals surface area (Å²) in [5.74, 6) is -0.635. The molecule has 5 aromatic carbocycles. The lowest BCUT2D eigenvalue weighted by Crippen LogP contribution is -2.68. The molecule has 0 bridgehead atoms. The highest BCUT2D eigenvalue weighted by Gasteiger charge is 2.54. The summed E-state index contributed by atoms with van der Waals surface area (Å²) < 4.78 is 45.0. The summed E-state index contributed by atoms with van der Waals surface area (Å²) in [5.41, 5.74) is 0.434. The molecule has 0 unspecified atom stereocenters. The Labute approximate surface area is 365 Å². The fraction of sp³-hybridized carbons (Fsp3) is 0.333. The van der Waals surface area contributed by atoms with E-state index in [2.05, 4.69) is 75.8 Å². The Morgan fingerprint density at radius 2 is 1.13 bits per heavy atom. The van der Waals surface area contributed by atoms with Gasteiger partial charge in [0.05, 0.1) is 11.5 Å². The number of rotatable bonds is 14. The van der Waals surface area contributed by atoms with Gasteiger partial charge in [0.2, 0.25) is 10.0 Å². The molecule has 0 radical (unpaired) electrons. The van der Waals surface area contributed by atoms with E-state index in [9.17, 15) is 23.1 Å². The number of hydrogen-bond acceptors (Lipinski definition) is 8. The molecule has 1 fully saturated rings. The molecule has 1 aliphatic rings. The van der Waals surface area contributed by atoms with Crippen molar-refractivity contribution in [2.75, 3.05) is 25.6 Å². The van der Waals surface area contributed by atoms with E-state index < -0.39 is 44.8 Å². The Bertz CT molecular complexity index is 2170. The maximum absolute atomic E-state index is 13.5. The van der Waals surface area contributed by atoms with Crippen molar-refractivity contribution in [2.24, 2.45) is 0 Å². The Kier molecular flexibility index (Phi) is 16.8. The molecule has 1 aliphatic heterocycles. The third-order valence-corrected chi connectivity index (χ3v) is 22.3. The smallest absolute Gasteiger partial charge is 0.334 e. The van der Waals surface area contributed by atoms with Crippen LogP contribution in [0.2, 0.25) is 10.1 Å². The third kappa shape index (κ3) is 11.0. The minimum absolute atomic E-state index is 0. The Balaban J connectivity index is 0.000000285. The highest BCUT2D eigenvalue weighted by molar-refractivity contribution is 7.89. The SMILES string of the molecule is C.CC(C)(C)[Si](O[C@@H]1CCOC1=O)(c1ccccc1)c1ccccc1.CNS(=O)(=O)c1ccc(NC(=O)[C@@H](CCO)O[Si](c2ccccc2)(c2ccccc2)C(C)(C)C)cc1. The molecule has 326 valence electrons. The molecule has 3 N–H and O–H groups in total. The molecule has 1 heterocycles. The average Bonchev–Trinajstić information content (AvgIpc) is 3.65. The van der Waals surface area contributed by atoms with Crippen LogP contribution in [0.25, 0.3) is 0 Å². The van der Waals surface area contributed by atoms with Gasteiger partial charge >= 0.3 is 5.97 Å². The summed E-state index contributed by atoms with van der Waals surface area (Å²) >= 11 is 0. The first-order valence-electron chi connectivity index (χ1n) is 20.2. The van der Waals surface area contributed by atoms with Gasteiger partial charge < -0.3 is 24.0 Å². The zero-order chi connectivity index (χ0) is 43.6. The van der Waals surface area contributed by atoms with E-state index >= 15 is 0 Å². The summed E-state index contributed by atoms with van der Waals surface area (Å²) in [5, 5.41) is 16.6. The van der Waals surface area contributed by atoms with Crippen LogP contribution in [0.3, 0.4) is 0 Å². The van der Waals surface area contributed by atoms with E-state index in [0.717, 1.165) is 10.4 Å². The summed E-state index contributed by atoms with van der Waals surface area (Å²) in [6.07, 6.45) is -0.662. The van der Waals surface area contributed by atoms with Gasteiger partial charge in [-0.15, -0.1) is 0 Å². The molecule has 0 spiro atoms. The zero-order valence-corrected chi connectivity index (χ0v) is 38.4. The minimum Gasteiger partial charge on any atom is -0.464 e. The first-order valence-corrected chi connectivity index (χ1v) is 25.5. The number of aliphatic hydroxyl groups excluding tert-OH is 1. The second kappa shape index (κ2) is 20.9. The first-order chi connectivity index (χ1) is 28.5. The summed E-state index contributed by atoms with van der Waals surface area (Å²) in [4.78, 5) is 25.7. The molecule has 10 nitrogen and oxygen atoms in total. The van der Waals surface area contributed by atoms with Crippen LogP contribution < -0.4 is 30.8 Å². The first kappa shape index (κ1) is 48.9. The predicted molar refractivity (Wildman–Crippen MR) is 250 cm³/mol. The van der Waals surface area contributed by atoms with E-state index in [0.29, 0.717) is 18.7 Å². The van der Waals surface area contributed by atoms with Gasteiger partial charge in [0, 0.05) is 25.1 Å². The maximum atomic E-state index is 13.5. The Hall–Kier alpha value is -4.74. The topological polar surface area (TPSA) is 140 Å². The van der Waals surface area contributed by atoms with Gasteiger partial charge in [-0.05, 0) is 62.1 Å². The highest BCUT2D eigenvalue weighted by Crippen LogP contribution is 2.39. The number of nitrogens with one attached hydrogen (secondary N) is 2. The van der Waals surface area contributed by atoms with Crippen LogP contribution in [0.4, 0.5) is 5.69 Å². The molecule has 0 saturated carbocycles. The zero-order valence-electron chi connectivity index (χ0n) is 35.6. The van der Waals surface area contributed by atoms with Crippen molar-refractivity contribution in [1.29, 1.82) is 0 Å². The van der Waals surface area contributed by atoms with Gasteiger partial charge in [-0.1, -0.05) is 170 Å². The molecular formula is C48H62N2O8SSi2. The van der Waals surface area contributed by atoms with Crippen LogP contribution in [0.5, 0.6) is 0 Å². The standard InChI is InChI=1S/C27H34N2O5SSi.C20H24O3Si.CH4/c1-27(2,3)36(23-11-7-5-8-12-23,24-13-9-6-10-14-24)34-25(19-20-30)26(31)29-21-15-17-22(18-16-21)35(32,33)28-4;1-20(2,3)24(16-10-6-4-7-11-16,17-12-8-5-9-13-17)23-18-14-15-22-19(18)21;/h5-18,25,28,30H,19-20H2,1-4H3,(H,29,31);4-13,18H,14-15H2,1-3H3;1H4/t25-;18-;/m11./s1. The van der Waals surface area contributed by atoms with Crippen molar-refractivity contribution < 1.29 is 36.7 Å². The molecule has 2 atom stereocenters. The number of ether oxygens (including phenoxy) is 1. The number of aliphatic hydroxyl groups is 1. The largest absolute Gasteiger partial charge is 0.464 e. The van der Waals surface area contributed by atoms with Crippen molar-refractivity contribution in [1.82, 2.24) is 4.72 Å². The molecule has 0 aliphatic carbocycles. The van der Waals surface area contributed by atoms with Crippen molar-refractivity contribution >= 4 is 65.0 Å². The van der Waals surface area contributed by atoms with Crippen LogP contribution in [0.1, 0.15) is 61.8 Å². The van der Waals surface area contributed by atoms with Crippen LogP contribution in [-0.2, 0) is 33.2 Å². The monoisotopic (exact) mass is 882 g/mol. The summed E-state index contributed by atoms with van der Waals surface area (Å²) in [6.45, 7) is 13.2. The van der Waals surface area contributed by atoms with Gasteiger partial charge in [-0.2, -0.15) is 0 Å². The van der Waals surface area contributed by atoms with Crippen molar-refractivity contribution in [3.8, 4) is 0 Å². The van der Waals surface area contributed by atoms with Crippen molar-refractivity contribution in [2.45, 2.75) is 89.0 Å². The normalized spacial score (nSPS) is 15.1. The van der Waals surface area contributed by atoms with E-state index in [-0.39, 0.29) is 41.4 Å². The van der Waals surface area contributed by atoms with Crippen molar-refractivity contribution in [3.05, 3.63) is 146 Å². The lowest BCUT2D eigenvalue weighted by atomic mass is 10.2. The van der Waals surface area contributed by atoms with E-state index in [1.807, 2.05) is 97.1 Å². The Morgan fingerprint density at radius 3 is 1.48 bits per heavy atom. The van der Waals surface area contributed by atoms with Gasteiger partial charge in [0.25, 0.3) is 22.5 Å². The van der Waals surface area contributed by atoms with E-state index in [1.165, 1.54) is 41.7 Å². The second-order valence-electron chi connectivity index (χ2n) is 16.7. The molecule has 13 heteroatoms. The molecular weight excluding hydrogens is 821 g/mol. The number of hydrogen-bond donors (Lipinski definition) is 3. The minimum atomic E-state index is -3.58. The van der Waals surface area contributed by atoms with Gasteiger partial charge in [-0.25, -0.2) is 17.9 Å². The third-order valence-electron chi connectivity index (χ3n) is 10.7. The number of carbonyl (C=O) groups excluding carboxylic acids is 2. The van der Waals surface area contributed by atoms with E-state index in [4.69, 9.17) is 13.6 Å². The van der Waals surface area contributed by atoms with Crippen LogP contribution in [0.15, 0.2) is 150 Å². The van der Waals surface area contributed by atoms with Crippen molar-refractivity contribution in [3.63, 3.8) is 0 Å². The molecule has 61 heavy (non-hydrogen) atoms. The number of esters is 1. The number of amides is 1. The summed E-state index contributed by atoms with van der Waals surface area (Å²) in [6, 6.07) is 46.6. The molecule has 1 amide bonds. The van der Waals surface area contributed by atoms with Crippen LogP contribution >= 0.6 is 0 Å². The number of anilines is 1. The molecule has 1 saturated heterocycles. The summed E-state index contributed by atoms with van der Waals surface area (Å²) in [7, 11) is -7.93. The van der Waals surface area contributed by atoms with Gasteiger partial charge in [0.1, 0.15) is 12.2 Å². The number of sulfonamides is 1. The number of cyclic esters (lactones) is 1. The second-order valence-corrected chi connectivity index (χ2v) is 27.1. The van der Waals surface area contributed by atoms with Gasteiger partial charge in [-0.3, -0.25) is 4.79 Å². The van der Waals surface area contributed by atoms with Crippen LogP contribution in [0, 0.1) is 0 Å². The van der Waals surface area contributed by atoms with E-state index in [1.54, 1.807) is 0 Å². The lowest BCUT2D eigenvalue weighted by Gasteiger charge is -2.44. The Morgan fingerprint density at radius 1 is 0.721 bits per heavy atom. The molecule has 6 rings (SSSR count). The number of benzene rings is 5. The number of carbonyl (C=O) groups is 2. The van der Waals surface area contributed by atoms with Gasteiger partial charge in [0.15, 0.2) is 0 Å². The molecule has 0 aromatic heterocycles. The lowest BCUT2D eigenvalue weighted by molar-refractivity contribution is -0.143. The average molecular weight is 883 g/mol. The molecule has 5 aromatic rings. The predicted octanol–water partition coefficient (Wildman–Crippen LogP) is 6.38.